The van der Waals surface area contributed by atoms with Crippen LogP contribution in [-0.4, -0.2) is 11.3 Å². The van der Waals surface area contributed by atoms with Crippen LogP contribution in [0, 0.1) is 0 Å². The van der Waals surface area contributed by atoms with E-state index >= 15 is 0 Å². The summed E-state index contributed by atoms with van der Waals surface area (Å²) in [5, 5.41) is 7.86. The Hall–Kier alpha value is -1.45. The highest BCUT2D eigenvalue weighted by Gasteiger charge is 1.86. The largest absolute Gasteiger partial charge is 0.510 e. The lowest BCUT2D eigenvalue weighted by molar-refractivity contribution is 0.126. The van der Waals surface area contributed by atoms with Crippen LogP contribution in [0.5, 0.6) is 0 Å². The maximum atomic E-state index is 9.61. The van der Waals surface area contributed by atoms with Gasteiger partial charge in [-0.25, -0.2) is 4.79 Å². The summed E-state index contributed by atoms with van der Waals surface area (Å²) in [6, 6.07) is 0. The first-order valence-corrected chi connectivity index (χ1v) is 2.08. The van der Waals surface area contributed by atoms with Gasteiger partial charge in [-0.05, 0) is 0 Å². The minimum absolute atomic E-state index is 0.893. The fourth-order valence-electron chi connectivity index (χ4n) is 0.174. The highest BCUT2D eigenvalue weighted by atomic mass is 16.7. The van der Waals surface area contributed by atoms with E-state index in [1.54, 1.807) is 0 Å². The minimum atomic E-state index is -1.38. The molecule has 0 heterocycles. The van der Waals surface area contributed by atoms with Crippen molar-refractivity contribution in [3.05, 3.63) is 25.4 Å². The van der Waals surface area contributed by atoms with Crippen LogP contribution in [0.2, 0.25) is 0 Å². The van der Waals surface area contributed by atoms with Gasteiger partial charge >= 0.3 is 6.16 Å². The van der Waals surface area contributed by atoms with E-state index in [0.29, 0.717) is 0 Å². The number of hydrogen-bond donors (Lipinski definition) is 1. The fraction of sp³-hybridized carbons (Fsp3) is 0. The van der Waals surface area contributed by atoms with Crippen molar-refractivity contribution in [1.29, 1.82) is 0 Å². The van der Waals surface area contributed by atoms with E-state index in [9.17, 15) is 4.79 Å². The van der Waals surface area contributed by atoms with Crippen molar-refractivity contribution in [1.82, 2.24) is 0 Å². The van der Waals surface area contributed by atoms with Crippen LogP contribution >= 0.6 is 0 Å². The van der Waals surface area contributed by atoms with Gasteiger partial charge in [0.1, 0.15) is 12.5 Å². The number of hydrogen-bond acceptors (Lipinski definition) is 3. The van der Waals surface area contributed by atoms with Crippen LogP contribution in [0.1, 0.15) is 0 Å². The highest BCUT2D eigenvalue weighted by molar-refractivity contribution is 5.57. The predicted molar refractivity (Wildman–Crippen MR) is 29.5 cm³/mol. The van der Waals surface area contributed by atoms with Gasteiger partial charge in [0, 0.05) is 0 Å². The van der Waals surface area contributed by atoms with Gasteiger partial charge < -0.3 is 14.6 Å². The van der Waals surface area contributed by atoms with Crippen LogP contribution in [0.15, 0.2) is 25.4 Å². The second kappa shape index (κ2) is 4.70. The Bertz CT molecular complexity index is 127. The van der Waals surface area contributed by atoms with Gasteiger partial charge in [-0.3, -0.25) is 0 Å². The van der Waals surface area contributed by atoms with Crippen molar-refractivity contribution in [3.8, 4) is 0 Å². The molecule has 0 aromatic heterocycles. The molecule has 50 valence electrons. The third kappa shape index (κ3) is 6.55. The normalized spacial score (nSPS) is 8.89. The summed E-state index contributed by atoms with van der Waals surface area (Å²) in [6.45, 7) is 3.20. The molecule has 0 atom stereocenters. The van der Waals surface area contributed by atoms with E-state index < -0.39 is 6.16 Å². The molecule has 0 fully saturated rings. The monoisotopic (exact) mass is 130 g/mol. The Morgan fingerprint density at radius 1 is 1.56 bits per heavy atom. The van der Waals surface area contributed by atoms with Crippen LogP contribution in [0.3, 0.4) is 0 Å². The summed E-state index contributed by atoms with van der Waals surface area (Å²) >= 11 is 0. The maximum Gasteiger partial charge on any atom is 0.510 e. The minimum Gasteiger partial charge on any atom is -0.470 e. The number of rotatable bonds is 3. The lowest BCUT2D eigenvalue weighted by Crippen LogP contribution is -1.91. The smallest absolute Gasteiger partial charge is 0.470 e. The van der Waals surface area contributed by atoms with Crippen LogP contribution in [0.4, 0.5) is 4.79 Å². The van der Waals surface area contributed by atoms with Gasteiger partial charge in [0.2, 0.25) is 0 Å². The maximum absolute atomic E-state index is 9.61. The molecular formula is C5H6O4. The molecule has 0 amide bonds. The summed E-state index contributed by atoms with van der Waals surface area (Å²) in [6.07, 6.45) is 1.71. The average molecular weight is 130 g/mol. The molecule has 0 saturated carbocycles. The lowest BCUT2D eigenvalue weighted by Gasteiger charge is -1.87. The third-order valence-electron chi connectivity index (χ3n) is 0.399. The highest BCUT2D eigenvalue weighted by Crippen LogP contribution is 1.80. The van der Waals surface area contributed by atoms with Crippen LogP contribution < -0.4 is 0 Å². The van der Waals surface area contributed by atoms with E-state index in [4.69, 9.17) is 5.11 Å². The Morgan fingerprint density at radius 3 is 2.67 bits per heavy atom. The standard InChI is InChI=1S/C5H6O4/c1-2-8-3-4-9-5(6)7/h2-4H,1H2,(H,6,7). The van der Waals surface area contributed by atoms with E-state index in [0.717, 1.165) is 18.8 Å². The summed E-state index contributed by atoms with van der Waals surface area (Å²) in [5.41, 5.74) is 0. The quantitative estimate of drug-likeness (QED) is 0.462. The summed E-state index contributed by atoms with van der Waals surface area (Å²) < 4.78 is 8.29. The molecule has 4 heteroatoms. The van der Waals surface area contributed by atoms with Gasteiger partial charge in [0.05, 0.1) is 6.26 Å². The molecule has 0 radical (unpaired) electrons. The van der Waals surface area contributed by atoms with E-state index in [1.807, 2.05) is 0 Å². The number of ether oxygens (including phenoxy) is 2. The Balaban J connectivity index is 3.24. The van der Waals surface area contributed by atoms with Crippen molar-refractivity contribution in [2.24, 2.45) is 0 Å². The van der Waals surface area contributed by atoms with Gasteiger partial charge in [-0.1, -0.05) is 6.58 Å². The molecular weight excluding hydrogens is 124 g/mol. The van der Waals surface area contributed by atoms with Gasteiger partial charge in [0.15, 0.2) is 0 Å². The molecule has 0 aromatic rings. The Labute approximate surface area is 52.0 Å². The van der Waals surface area contributed by atoms with Crippen molar-refractivity contribution in [2.75, 3.05) is 0 Å². The predicted octanol–water partition coefficient (Wildman–Crippen LogP) is 1.31. The lowest BCUT2D eigenvalue weighted by atomic mass is 11.0. The number of carbonyl (C=O) groups is 1. The summed E-state index contributed by atoms with van der Waals surface area (Å²) in [4.78, 5) is 9.61. The average Bonchev–Trinajstić information content (AvgIpc) is 1.80. The summed E-state index contributed by atoms with van der Waals surface area (Å²) in [7, 11) is 0. The van der Waals surface area contributed by atoms with Gasteiger partial charge in [-0.15, -0.1) is 0 Å². The zero-order chi connectivity index (χ0) is 7.11. The first-order chi connectivity index (χ1) is 4.27. The second-order valence-electron chi connectivity index (χ2n) is 0.959. The molecule has 0 rings (SSSR count). The molecule has 0 unspecified atom stereocenters. The number of carboxylic acid groups (broad SMARTS) is 1. The zero-order valence-corrected chi connectivity index (χ0v) is 4.61. The first-order valence-electron chi connectivity index (χ1n) is 2.08. The Kier molecular flexibility index (Phi) is 3.95. The zero-order valence-electron chi connectivity index (χ0n) is 4.61. The molecule has 0 aliphatic rings. The molecule has 0 aliphatic carbocycles. The molecule has 0 spiro atoms. The third-order valence-corrected chi connectivity index (χ3v) is 0.399. The molecule has 1 N–H and O–H groups in total. The van der Waals surface area contributed by atoms with E-state index in [1.165, 1.54) is 0 Å². The fourth-order valence-corrected chi connectivity index (χ4v) is 0.174. The molecule has 0 aromatic carbocycles. The molecule has 9 heavy (non-hydrogen) atoms. The molecule has 0 aliphatic heterocycles. The second-order valence-corrected chi connectivity index (χ2v) is 0.959. The Morgan fingerprint density at radius 2 is 2.22 bits per heavy atom. The van der Waals surface area contributed by atoms with E-state index in [2.05, 4.69) is 16.1 Å². The molecule has 0 saturated heterocycles. The van der Waals surface area contributed by atoms with Crippen molar-refractivity contribution >= 4 is 6.16 Å². The molecule has 0 bridgehead atoms. The van der Waals surface area contributed by atoms with Crippen molar-refractivity contribution in [3.63, 3.8) is 0 Å². The van der Waals surface area contributed by atoms with E-state index in [-0.39, 0.29) is 0 Å². The van der Waals surface area contributed by atoms with Crippen LogP contribution in [0.25, 0.3) is 0 Å². The topological polar surface area (TPSA) is 55.8 Å². The van der Waals surface area contributed by atoms with Crippen LogP contribution in [-0.2, 0) is 9.47 Å². The van der Waals surface area contributed by atoms with Gasteiger partial charge in [0.25, 0.3) is 0 Å². The van der Waals surface area contributed by atoms with Gasteiger partial charge in [-0.2, -0.15) is 0 Å². The SMILES string of the molecule is C=COC=COC(=O)O. The first kappa shape index (κ1) is 7.55. The summed E-state index contributed by atoms with van der Waals surface area (Å²) in [5.74, 6) is 0. The molecule has 4 nitrogen and oxygen atoms in total. The van der Waals surface area contributed by atoms with Crippen molar-refractivity contribution in [2.45, 2.75) is 0 Å². The van der Waals surface area contributed by atoms with Crippen molar-refractivity contribution < 1.29 is 19.4 Å².